The van der Waals surface area contributed by atoms with Crippen LogP contribution in [0, 0.1) is 10.1 Å². The summed E-state index contributed by atoms with van der Waals surface area (Å²) < 4.78 is 10.7. The van der Waals surface area contributed by atoms with Gasteiger partial charge in [-0.25, -0.2) is 4.79 Å². The molecule has 0 spiro atoms. The summed E-state index contributed by atoms with van der Waals surface area (Å²) in [5.74, 6) is 0.252. The van der Waals surface area contributed by atoms with Crippen LogP contribution in [0.4, 0.5) is 5.69 Å². The number of rotatable bonds is 3. The summed E-state index contributed by atoms with van der Waals surface area (Å²) in [4.78, 5) is 22.1. The molecule has 0 aromatic heterocycles. The smallest absolute Gasteiger partial charge is 0.356 e. The van der Waals surface area contributed by atoms with Crippen LogP contribution in [0.1, 0.15) is 5.56 Å². The monoisotopic (exact) mass is 297 g/mol. The zero-order valence-corrected chi connectivity index (χ0v) is 11.3. The lowest BCUT2D eigenvalue weighted by molar-refractivity contribution is -0.384. The van der Waals surface area contributed by atoms with E-state index in [9.17, 15) is 14.9 Å². The Kier molecular flexibility index (Phi) is 3.57. The van der Waals surface area contributed by atoms with Gasteiger partial charge in [-0.1, -0.05) is 24.3 Å². The Hall–Kier alpha value is -3.15. The fourth-order valence-electron chi connectivity index (χ4n) is 2.03. The number of esters is 1. The van der Waals surface area contributed by atoms with Crippen molar-refractivity contribution in [2.45, 2.75) is 6.10 Å². The number of carbonyl (C=O) groups excluding carboxylic acids is 1. The number of hydrogen-bond acceptors (Lipinski definition) is 5. The van der Waals surface area contributed by atoms with Crippen molar-refractivity contribution in [1.82, 2.24) is 0 Å². The van der Waals surface area contributed by atoms with Gasteiger partial charge in [0.05, 0.1) is 4.92 Å². The topological polar surface area (TPSA) is 78.7 Å². The Labute approximate surface area is 125 Å². The van der Waals surface area contributed by atoms with Crippen molar-refractivity contribution in [2.75, 3.05) is 0 Å². The molecule has 6 nitrogen and oxygen atoms in total. The molecule has 110 valence electrons. The van der Waals surface area contributed by atoms with Crippen LogP contribution in [0.2, 0.25) is 0 Å². The van der Waals surface area contributed by atoms with Crippen molar-refractivity contribution in [2.24, 2.45) is 0 Å². The summed E-state index contributed by atoms with van der Waals surface area (Å²) in [7, 11) is 0. The van der Waals surface area contributed by atoms with Gasteiger partial charge >= 0.3 is 5.97 Å². The molecular weight excluding hydrogens is 286 g/mol. The van der Waals surface area contributed by atoms with E-state index in [0.717, 1.165) is 5.56 Å². The normalized spacial score (nSPS) is 15.5. The number of para-hydroxylation sites is 1. The van der Waals surface area contributed by atoms with Gasteiger partial charge in [0, 0.05) is 17.7 Å². The first-order valence-electron chi connectivity index (χ1n) is 6.53. The largest absolute Gasteiger partial charge is 0.474 e. The van der Waals surface area contributed by atoms with Gasteiger partial charge in [0.2, 0.25) is 6.10 Å². The minimum Gasteiger partial charge on any atom is -0.474 e. The summed E-state index contributed by atoms with van der Waals surface area (Å²) in [5.41, 5.74) is 0.824. The van der Waals surface area contributed by atoms with Gasteiger partial charge in [0.15, 0.2) is 0 Å². The van der Waals surface area contributed by atoms with Crippen molar-refractivity contribution in [1.29, 1.82) is 0 Å². The van der Waals surface area contributed by atoms with Crippen molar-refractivity contribution in [3.8, 4) is 11.5 Å². The second-order valence-electron chi connectivity index (χ2n) is 4.61. The number of nitro groups is 1. The highest BCUT2D eigenvalue weighted by Gasteiger charge is 2.23. The van der Waals surface area contributed by atoms with Crippen LogP contribution in [-0.4, -0.2) is 17.0 Å². The molecule has 1 heterocycles. The Morgan fingerprint density at radius 2 is 1.86 bits per heavy atom. The van der Waals surface area contributed by atoms with Crippen LogP contribution in [0.5, 0.6) is 11.5 Å². The van der Waals surface area contributed by atoms with Crippen LogP contribution in [-0.2, 0) is 4.79 Å². The third-order valence-electron chi connectivity index (χ3n) is 3.12. The zero-order valence-electron chi connectivity index (χ0n) is 11.3. The Morgan fingerprint density at radius 3 is 2.59 bits per heavy atom. The van der Waals surface area contributed by atoms with Crippen molar-refractivity contribution in [3.05, 3.63) is 70.3 Å². The molecule has 2 aromatic rings. The van der Waals surface area contributed by atoms with E-state index >= 15 is 0 Å². The first kappa shape index (κ1) is 13.8. The third kappa shape index (κ3) is 2.80. The molecule has 0 amide bonds. The molecule has 1 unspecified atom stereocenters. The van der Waals surface area contributed by atoms with Gasteiger partial charge in [0.1, 0.15) is 11.5 Å². The number of hydrogen-bond donors (Lipinski definition) is 0. The van der Waals surface area contributed by atoms with Crippen molar-refractivity contribution in [3.63, 3.8) is 0 Å². The van der Waals surface area contributed by atoms with Gasteiger partial charge in [-0.2, -0.15) is 0 Å². The van der Waals surface area contributed by atoms with E-state index in [0.29, 0.717) is 5.75 Å². The van der Waals surface area contributed by atoms with E-state index in [1.165, 1.54) is 24.3 Å². The zero-order chi connectivity index (χ0) is 15.5. The number of non-ortho nitro benzene ring substituents is 1. The van der Waals surface area contributed by atoms with Crippen LogP contribution in [0.3, 0.4) is 0 Å². The minimum absolute atomic E-state index is 0.0671. The fourth-order valence-corrected chi connectivity index (χ4v) is 2.03. The summed E-state index contributed by atoms with van der Waals surface area (Å²) in [6.45, 7) is 0. The first-order chi connectivity index (χ1) is 10.6. The number of ether oxygens (including phenoxy) is 2. The second kappa shape index (κ2) is 5.69. The van der Waals surface area contributed by atoms with Gasteiger partial charge in [0.25, 0.3) is 5.69 Å². The Morgan fingerprint density at radius 1 is 1.14 bits per heavy atom. The summed E-state index contributed by atoms with van der Waals surface area (Å²) in [6, 6.07) is 12.6. The molecule has 0 radical (unpaired) electrons. The molecular formula is C16H11NO5. The molecule has 6 heteroatoms. The molecule has 0 saturated carbocycles. The number of carbonyl (C=O) groups is 1. The molecule has 0 fully saturated rings. The van der Waals surface area contributed by atoms with E-state index in [2.05, 4.69) is 0 Å². The molecule has 22 heavy (non-hydrogen) atoms. The van der Waals surface area contributed by atoms with Gasteiger partial charge < -0.3 is 9.47 Å². The predicted molar refractivity (Wildman–Crippen MR) is 78.6 cm³/mol. The maximum atomic E-state index is 12.1. The van der Waals surface area contributed by atoms with Gasteiger partial charge in [-0.05, 0) is 24.3 Å². The maximum absolute atomic E-state index is 12.1. The predicted octanol–water partition coefficient (Wildman–Crippen LogP) is 2.97. The van der Waals surface area contributed by atoms with Crippen molar-refractivity contribution < 1.29 is 19.2 Å². The minimum atomic E-state index is -0.843. The highest BCUT2D eigenvalue weighted by Crippen LogP contribution is 2.26. The number of benzene rings is 2. The van der Waals surface area contributed by atoms with E-state index in [-0.39, 0.29) is 11.4 Å². The molecule has 1 atom stereocenters. The van der Waals surface area contributed by atoms with E-state index < -0.39 is 17.0 Å². The van der Waals surface area contributed by atoms with Gasteiger partial charge in [-0.15, -0.1) is 0 Å². The van der Waals surface area contributed by atoms with Crippen LogP contribution in [0.25, 0.3) is 6.08 Å². The lowest BCUT2D eigenvalue weighted by Gasteiger charge is -2.19. The van der Waals surface area contributed by atoms with Crippen LogP contribution < -0.4 is 9.47 Å². The average Bonchev–Trinajstić information content (AvgIpc) is 2.55. The highest BCUT2D eigenvalue weighted by atomic mass is 16.6. The molecule has 2 aromatic carbocycles. The molecule has 0 aliphatic carbocycles. The molecule has 0 bridgehead atoms. The second-order valence-corrected chi connectivity index (χ2v) is 4.61. The third-order valence-corrected chi connectivity index (χ3v) is 3.12. The Bertz CT molecular complexity index is 751. The summed E-state index contributed by atoms with van der Waals surface area (Å²) in [5, 5.41) is 10.6. The number of nitrogens with zero attached hydrogens (tertiary/aromatic N) is 1. The molecule has 0 saturated heterocycles. The quantitative estimate of drug-likeness (QED) is 0.376. The molecule has 1 aliphatic heterocycles. The van der Waals surface area contributed by atoms with E-state index in [4.69, 9.17) is 9.47 Å². The van der Waals surface area contributed by atoms with Crippen LogP contribution >= 0.6 is 0 Å². The Balaban J connectivity index is 1.69. The number of nitro benzene ring substituents is 1. The van der Waals surface area contributed by atoms with E-state index in [1.807, 2.05) is 18.2 Å². The standard InChI is InChI=1S/C16H11NO5/c18-16(21-13-8-6-12(7-9-13)17(19)20)15-10-5-11-3-1-2-4-14(11)22-15/h1-10,15H. The SMILES string of the molecule is O=C(Oc1ccc([N+](=O)[O-])cc1)C1C=Cc2ccccc2O1. The summed E-state index contributed by atoms with van der Waals surface area (Å²) in [6.07, 6.45) is 2.56. The maximum Gasteiger partial charge on any atom is 0.356 e. The number of fused-ring (bicyclic) bond motifs is 1. The lowest BCUT2D eigenvalue weighted by atomic mass is 10.1. The molecule has 1 aliphatic rings. The highest BCUT2D eigenvalue weighted by molar-refractivity contribution is 5.82. The van der Waals surface area contributed by atoms with Gasteiger partial charge in [-0.3, -0.25) is 10.1 Å². The molecule has 0 N–H and O–H groups in total. The van der Waals surface area contributed by atoms with Crippen molar-refractivity contribution >= 4 is 17.7 Å². The first-order valence-corrected chi connectivity index (χ1v) is 6.53. The summed E-state index contributed by atoms with van der Waals surface area (Å²) >= 11 is 0. The average molecular weight is 297 g/mol. The van der Waals surface area contributed by atoms with E-state index in [1.54, 1.807) is 18.2 Å². The fraction of sp³-hybridized carbons (Fsp3) is 0.0625. The molecule has 3 rings (SSSR count). The van der Waals surface area contributed by atoms with Crippen LogP contribution in [0.15, 0.2) is 54.6 Å². The lowest BCUT2D eigenvalue weighted by Crippen LogP contribution is -2.31.